The van der Waals surface area contributed by atoms with Gasteiger partial charge in [-0.25, -0.2) is 4.98 Å². The maximum Gasteiger partial charge on any atom is 0.170 e. The van der Waals surface area contributed by atoms with E-state index in [4.69, 9.17) is 5.73 Å². The van der Waals surface area contributed by atoms with Crippen molar-refractivity contribution in [1.29, 1.82) is 0 Å². The molecule has 1 aromatic heterocycles. The van der Waals surface area contributed by atoms with Crippen LogP contribution in [0.15, 0.2) is 0 Å². The topological polar surface area (TPSA) is 70.8 Å². The summed E-state index contributed by atoms with van der Waals surface area (Å²) in [5.74, 6) is 1.50. The molecule has 5 heteroatoms. The van der Waals surface area contributed by atoms with Gasteiger partial charge in [-0.2, -0.15) is 5.10 Å². The monoisotopic (exact) mass is 183 g/mol. The van der Waals surface area contributed by atoms with Crippen molar-refractivity contribution in [2.75, 3.05) is 14.1 Å². The minimum atomic E-state index is -0.163. The highest BCUT2D eigenvalue weighted by Crippen LogP contribution is 2.20. The number of hydrogen-bond acceptors (Lipinski definition) is 4. The molecule has 0 aliphatic carbocycles. The van der Waals surface area contributed by atoms with Crippen LogP contribution in [0.2, 0.25) is 0 Å². The summed E-state index contributed by atoms with van der Waals surface area (Å²) in [5.41, 5.74) is 5.27. The second-order valence-corrected chi connectivity index (χ2v) is 3.76. The molecule has 0 aliphatic rings. The summed E-state index contributed by atoms with van der Waals surface area (Å²) in [6, 6.07) is 0. The summed E-state index contributed by atoms with van der Waals surface area (Å²) >= 11 is 0. The van der Waals surface area contributed by atoms with Crippen LogP contribution in [0.5, 0.6) is 0 Å². The van der Waals surface area contributed by atoms with Gasteiger partial charge in [-0.3, -0.25) is 10.00 Å². The molecular formula is C8H17N5. The summed E-state index contributed by atoms with van der Waals surface area (Å²) in [4.78, 5) is 6.35. The van der Waals surface area contributed by atoms with Crippen molar-refractivity contribution in [1.82, 2.24) is 20.1 Å². The quantitative estimate of drug-likeness (QED) is 0.695. The van der Waals surface area contributed by atoms with Crippen LogP contribution >= 0.6 is 0 Å². The fourth-order valence-electron chi connectivity index (χ4n) is 0.860. The van der Waals surface area contributed by atoms with Crippen molar-refractivity contribution in [2.45, 2.75) is 25.9 Å². The van der Waals surface area contributed by atoms with E-state index >= 15 is 0 Å². The van der Waals surface area contributed by atoms with Crippen molar-refractivity contribution in [2.24, 2.45) is 5.73 Å². The third-order valence-electron chi connectivity index (χ3n) is 2.39. The molecule has 0 bridgehead atoms. The highest BCUT2D eigenvalue weighted by Gasteiger charge is 2.27. The van der Waals surface area contributed by atoms with E-state index in [9.17, 15) is 0 Å². The van der Waals surface area contributed by atoms with Crippen LogP contribution in [0.4, 0.5) is 0 Å². The molecule has 0 spiro atoms. The molecule has 13 heavy (non-hydrogen) atoms. The van der Waals surface area contributed by atoms with Gasteiger partial charge in [-0.1, -0.05) is 0 Å². The highest BCUT2D eigenvalue weighted by molar-refractivity contribution is 5.02. The van der Waals surface area contributed by atoms with E-state index in [1.807, 2.05) is 14.1 Å². The van der Waals surface area contributed by atoms with Gasteiger partial charge >= 0.3 is 0 Å². The number of aromatic amines is 1. The Morgan fingerprint density at radius 3 is 2.46 bits per heavy atom. The molecule has 74 valence electrons. The Bertz CT molecular complexity index is 276. The molecule has 0 atom stereocenters. The molecule has 1 aromatic rings. The Morgan fingerprint density at radius 1 is 1.46 bits per heavy atom. The van der Waals surface area contributed by atoms with Gasteiger partial charge in [0, 0.05) is 0 Å². The molecule has 3 N–H and O–H groups in total. The molecule has 0 saturated heterocycles. The van der Waals surface area contributed by atoms with Gasteiger partial charge in [-0.15, -0.1) is 0 Å². The minimum absolute atomic E-state index is 0.163. The molecule has 0 amide bonds. The predicted molar refractivity (Wildman–Crippen MR) is 51.0 cm³/mol. The molecule has 0 radical (unpaired) electrons. The summed E-state index contributed by atoms with van der Waals surface area (Å²) < 4.78 is 0. The maximum atomic E-state index is 5.44. The Labute approximate surface area is 78.3 Å². The van der Waals surface area contributed by atoms with Gasteiger partial charge in [0.1, 0.15) is 5.82 Å². The van der Waals surface area contributed by atoms with Crippen LogP contribution in [0.1, 0.15) is 25.5 Å². The van der Waals surface area contributed by atoms with E-state index in [1.165, 1.54) is 0 Å². The molecular weight excluding hydrogens is 166 g/mol. The second-order valence-electron chi connectivity index (χ2n) is 3.76. The zero-order chi connectivity index (χ0) is 10.1. The minimum Gasteiger partial charge on any atom is -0.324 e. The van der Waals surface area contributed by atoms with Crippen molar-refractivity contribution in [3.8, 4) is 0 Å². The zero-order valence-electron chi connectivity index (χ0n) is 8.63. The van der Waals surface area contributed by atoms with Gasteiger partial charge in [0.2, 0.25) is 0 Å². The van der Waals surface area contributed by atoms with Crippen molar-refractivity contribution in [3.05, 3.63) is 11.6 Å². The Balaban J connectivity index is 2.93. The number of rotatable bonds is 3. The number of aromatic nitrogens is 3. The van der Waals surface area contributed by atoms with Crippen molar-refractivity contribution < 1.29 is 0 Å². The van der Waals surface area contributed by atoms with Gasteiger partial charge in [0.05, 0.1) is 12.1 Å². The van der Waals surface area contributed by atoms with Gasteiger partial charge in [0.15, 0.2) is 5.82 Å². The third-order valence-corrected chi connectivity index (χ3v) is 2.39. The largest absolute Gasteiger partial charge is 0.324 e. The van der Waals surface area contributed by atoms with E-state index in [1.54, 1.807) is 0 Å². The second kappa shape index (κ2) is 3.43. The van der Waals surface area contributed by atoms with E-state index in [0.29, 0.717) is 6.54 Å². The van der Waals surface area contributed by atoms with Crippen molar-refractivity contribution >= 4 is 0 Å². The first-order valence-electron chi connectivity index (χ1n) is 4.27. The Morgan fingerprint density at radius 2 is 2.08 bits per heavy atom. The van der Waals surface area contributed by atoms with E-state index in [-0.39, 0.29) is 5.54 Å². The van der Waals surface area contributed by atoms with Crippen molar-refractivity contribution in [3.63, 3.8) is 0 Å². The van der Waals surface area contributed by atoms with Gasteiger partial charge in [-0.05, 0) is 27.9 Å². The van der Waals surface area contributed by atoms with Crippen LogP contribution in [0, 0.1) is 0 Å². The molecule has 1 rings (SSSR count). The van der Waals surface area contributed by atoms with E-state index in [0.717, 1.165) is 11.6 Å². The lowest BCUT2D eigenvalue weighted by atomic mass is 10.0. The fraction of sp³-hybridized carbons (Fsp3) is 0.750. The normalized spacial score (nSPS) is 12.5. The maximum absolute atomic E-state index is 5.44. The van der Waals surface area contributed by atoms with E-state index < -0.39 is 0 Å². The number of nitrogens with two attached hydrogens (primary N) is 1. The molecule has 0 saturated carbocycles. The molecule has 1 heterocycles. The molecule has 0 unspecified atom stereocenters. The molecule has 5 nitrogen and oxygen atoms in total. The fourth-order valence-corrected chi connectivity index (χ4v) is 0.860. The average molecular weight is 183 g/mol. The molecule has 0 aromatic carbocycles. The number of nitrogens with zero attached hydrogens (tertiary/aromatic N) is 3. The standard InChI is InChI=1S/C8H17N5/c1-8(2,13(3)4)7-10-6(5-9)11-12-7/h5,9H2,1-4H3,(H,10,11,12). The summed E-state index contributed by atoms with van der Waals surface area (Å²) in [5, 5.41) is 6.93. The number of nitrogens with one attached hydrogen (secondary N) is 1. The van der Waals surface area contributed by atoms with Crippen LogP contribution in [0.25, 0.3) is 0 Å². The van der Waals surface area contributed by atoms with Crippen LogP contribution in [-0.4, -0.2) is 34.2 Å². The van der Waals surface area contributed by atoms with Gasteiger partial charge < -0.3 is 5.73 Å². The van der Waals surface area contributed by atoms with Crippen LogP contribution in [0.3, 0.4) is 0 Å². The van der Waals surface area contributed by atoms with Gasteiger partial charge in [0.25, 0.3) is 0 Å². The Hall–Kier alpha value is -0.940. The lowest BCUT2D eigenvalue weighted by Gasteiger charge is -2.29. The first-order chi connectivity index (χ1) is 5.98. The smallest absolute Gasteiger partial charge is 0.170 e. The number of H-pyrrole nitrogens is 1. The predicted octanol–water partition coefficient (Wildman–Crippen LogP) is 0.0601. The first-order valence-corrected chi connectivity index (χ1v) is 4.27. The van der Waals surface area contributed by atoms with Crippen LogP contribution < -0.4 is 5.73 Å². The number of hydrogen-bond donors (Lipinski definition) is 2. The third kappa shape index (κ3) is 1.87. The SMILES string of the molecule is CN(C)C(C)(C)c1n[nH]c(CN)n1. The van der Waals surface area contributed by atoms with E-state index in [2.05, 4.69) is 33.9 Å². The lowest BCUT2D eigenvalue weighted by molar-refractivity contribution is 0.186. The summed E-state index contributed by atoms with van der Waals surface area (Å²) in [7, 11) is 4.00. The highest BCUT2D eigenvalue weighted by atomic mass is 15.3. The summed E-state index contributed by atoms with van der Waals surface area (Å²) in [6.45, 7) is 4.53. The average Bonchev–Trinajstić information content (AvgIpc) is 2.51. The molecule has 0 fully saturated rings. The zero-order valence-corrected chi connectivity index (χ0v) is 8.63. The lowest BCUT2D eigenvalue weighted by Crippen LogP contribution is -2.36. The van der Waals surface area contributed by atoms with Crippen LogP contribution in [-0.2, 0) is 12.1 Å². The molecule has 0 aliphatic heterocycles. The first kappa shape index (κ1) is 10.1. The Kier molecular flexibility index (Phi) is 2.68. The summed E-state index contributed by atoms with van der Waals surface area (Å²) in [6.07, 6.45) is 0.